The Labute approximate surface area is 102 Å². The van der Waals surface area contributed by atoms with Crippen molar-refractivity contribution in [2.45, 2.75) is 50.5 Å². The summed E-state index contributed by atoms with van der Waals surface area (Å²) in [4.78, 5) is 0. The van der Waals surface area contributed by atoms with Crippen LogP contribution in [0.5, 0.6) is 5.75 Å². The lowest BCUT2D eigenvalue weighted by Crippen LogP contribution is -2.38. The van der Waals surface area contributed by atoms with Crippen LogP contribution in [0.3, 0.4) is 0 Å². The monoisotopic (exact) mass is 233 g/mol. The van der Waals surface area contributed by atoms with Crippen molar-refractivity contribution in [3.05, 3.63) is 29.8 Å². The van der Waals surface area contributed by atoms with Gasteiger partial charge in [-0.15, -0.1) is 0 Å². The number of ether oxygens (including phenoxy) is 2. The summed E-state index contributed by atoms with van der Waals surface area (Å²) >= 11 is 0. The van der Waals surface area contributed by atoms with E-state index in [4.69, 9.17) is 15.2 Å². The SMILES string of the molecule is CC1CCC(C2C[C@@H](N)c3ccccc3O2)O1. The predicted molar refractivity (Wildman–Crippen MR) is 66.0 cm³/mol. The molecule has 17 heavy (non-hydrogen) atoms. The third-order valence-electron chi connectivity index (χ3n) is 3.76. The number of nitrogens with two attached hydrogens (primary N) is 1. The first-order valence-electron chi connectivity index (χ1n) is 6.40. The maximum Gasteiger partial charge on any atom is 0.127 e. The van der Waals surface area contributed by atoms with E-state index in [-0.39, 0.29) is 18.2 Å². The van der Waals surface area contributed by atoms with E-state index in [2.05, 4.69) is 6.92 Å². The van der Waals surface area contributed by atoms with Crippen LogP contribution in [-0.4, -0.2) is 18.3 Å². The summed E-state index contributed by atoms with van der Waals surface area (Å²) < 4.78 is 11.9. The van der Waals surface area contributed by atoms with E-state index < -0.39 is 0 Å². The molecule has 1 saturated heterocycles. The van der Waals surface area contributed by atoms with Gasteiger partial charge < -0.3 is 15.2 Å². The molecular formula is C14H19NO2. The maximum atomic E-state index is 6.20. The Kier molecular flexibility index (Phi) is 2.81. The molecule has 4 atom stereocenters. The average molecular weight is 233 g/mol. The highest BCUT2D eigenvalue weighted by atomic mass is 16.6. The summed E-state index contributed by atoms with van der Waals surface area (Å²) in [5, 5.41) is 0. The highest BCUT2D eigenvalue weighted by Gasteiger charge is 2.35. The minimum atomic E-state index is 0.0736. The minimum absolute atomic E-state index is 0.0736. The molecule has 2 aliphatic rings. The molecule has 3 rings (SSSR count). The van der Waals surface area contributed by atoms with Crippen LogP contribution in [0.15, 0.2) is 24.3 Å². The third-order valence-corrected chi connectivity index (χ3v) is 3.76. The van der Waals surface area contributed by atoms with Crippen molar-refractivity contribution in [3.8, 4) is 5.75 Å². The lowest BCUT2D eigenvalue weighted by atomic mass is 9.94. The number of hydrogen-bond acceptors (Lipinski definition) is 3. The van der Waals surface area contributed by atoms with Crippen LogP contribution >= 0.6 is 0 Å². The molecule has 0 aliphatic carbocycles. The number of rotatable bonds is 1. The first-order chi connectivity index (χ1) is 8.24. The molecule has 0 amide bonds. The quantitative estimate of drug-likeness (QED) is 0.810. The maximum absolute atomic E-state index is 6.20. The van der Waals surface area contributed by atoms with Gasteiger partial charge in [0.05, 0.1) is 12.2 Å². The molecule has 1 aromatic rings. The Morgan fingerprint density at radius 1 is 1.18 bits per heavy atom. The van der Waals surface area contributed by atoms with Crippen molar-refractivity contribution < 1.29 is 9.47 Å². The highest BCUT2D eigenvalue weighted by Crippen LogP contribution is 2.37. The van der Waals surface area contributed by atoms with Gasteiger partial charge in [-0.1, -0.05) is 18.2 Å². The standard InChI is InChI=1S/C14H19NO2/c1-9-6-7-13(16-9)14-8-11(15)10-4-2-3-5-12(10)17-14/h2-5,9,11,13-14H,6-8,15H2,1H3/t9?,11-,13?,14?/m1/s1. The van der Waals surface area contributed by atoms with Gasteiger partial charge in [0.25, 0.3) is 0 Å². The summed E-state index contributed by atoms with van der Waals surface area (Å²) in [6.07, 6.45) is 3.75. The normalized spacial score (nSPS) is 36.4. The number of para-hydroxylation sites is 1. The van der Waals surface area contributed by atoms with E-state index >= 15 is 0 Å². The van der Waals surface area contributed by atoms with Gasteiger partial charge in [-0.05, 0) is 25.8 Å². The average Bonchev–Trinajstić information content (AvgIpc) is 2.76. The fraction of sp³-hybridized carbons (Fsp3) is 0.571. The van der Waals surface area contributed by atoms with Crippen LogP contribution in [0.1, 0.15) is 37.8 Å². The molecule has 0 saturated carbocycles. The van der Waals surface area contributed by atoms with Crippen LogP contribution in [-0.2, 0) is 4.74 Å². The number of fused-ring (bicyclic) bond motifs is 1. The van der Waals surface area contributed by atoms with E-state index in [0.717, 1.165) is 30.6 Å². The molecule has 92 valence electrons. The van der Waals surface area contributed by atoms with Crippen molar-refractivity contribution in [3.63, 3.8) is 0 Å². The smallest absolute Gasteiger partial charge is 0.127 e. The van der Waals surface area contributed by atoms with Crippen LogP contribution < -0.4 is 10.5 Å². The van der Waals surface area contributed by atoms with E-state index in [1.807, 2.05) is 24.3 Å². The van der Waals surface area contributed by atoms with Gasteiger partial charge in [0.2, 0.25) is 0 Å². The molecule has 1 fully saturated rings. The van der Waals surface area contributed by atoms with Gasteiger partial charge in [-0.3, -0.25) is 0 Å². The lowest BCUT2D eigenvalue weighted by Gasteiger charge is -2.33. The molecule has 2 aliphatic heterocycles. The fourth-order valence-corrected chi connectivity index (χ4v) is 2.82. The van der Waals surface area contributed by atoms with Crippen molar-refractivity contribution in [1.82, 2.24) is 0 Å². The second-order valence-electron chi connectivity index (χ2n) is 5.10. The topological polar surface area (TPSA) is 44.5 Å². The van der Waals surface area contributed by atoms with Crippen molar-refractivity contribution in [2.24, 2.45) is 5.73 Å². The predicted octanol–water partition coefficient (Wildman–Crippen LogP) is 2.41. The lowest BCUT2D eigenvalue weighted by molar-refractivity contribution is -0.0281. The van der Waals surface area contributed by atoms with E-state index in [1.54, 1.807) is 0 Å². The second-order valence-corrected chi connectivity index (χ2v) is 5.10. The van der Waals surface area contributed by atoms with Crippen molar-refractivity contribution >= 4 is 0 Å². The summed E-state index contributed by atoms with van der Waals surface area (Å²) in [7, 11) is 0. The van der Waals surface area contributed by atoms with Gasteiger partial charge in [0, 0.05) is 18.0 Å². The van der Waals surface area contributed by atoms with Gasteiger partial charge in [-0.25, -0.2) is 0 Å². The van der Waals surface area contributed by atoms with E-state index in [1.165, 1.54) is 0 Å². The van der Waals surface area contributed by atoms with Gasteiger partial charge in [-0.2, -0.15) is 0 Å². The van der Waals surface area contributed by atoms with Gasteiger partial charge in [0.1, 0.15) is 11.9 Å². The molecule has 3 heteroatoms. The zero-order valence-electron chi connectivity index (χ0n) is 10.1. The summed E-state index contributed by atoms with van der Waals surface area (Å²) in [5.41, 5.74) is 7.32. The summed E-state index contributed by atoms with van der Waals surface area (Å²) in [6, 6.07) is 8.13. The molecule has 3 nitrogen and oxygen atoms in total. The first-order valence-corrected chi connectivity index (χ1v) is 6.40. The largest absolute Gasteiger partial charge is 0.487 e. The van der Waals surface area contributed by atoms with Crippen molar-refractivity contribution in [2.75, 3.05) is 0 Å². The Hall–Kier alpha value is -1.06. The molecular weight excluding hydrogens is 214 g/mol. The molecule has 0 spiro atoms. The highest BCUT2D eigenvalue weighted by molar-refractivity contribution is 5.37. The number of benzene rings is 1. The zero-order chi connectivity index (χ0) is 11.8. The third kappa shape index (κ3) is 2.05. The molecule has 2 N–H and O–H groups in total. The van der Waals surface area contributed by atoms with Crippen molar-refractivity contribution in [1.29, 1.82) is 0 Å². The Morgan fingerprint density at radius 2 is 2.00 bits per heavy atom. The number of hydrogen-bond donors (Lipinski definition) is 1. The Balaban J connectivity index is 1.79. The molecule has 1 aromatic carbocycles. The van der Waals surface area contributed by atoms with Crippen LogP contribution in [0.25, 0.3) is 0 Å². The van der Waals surface area contributed by atoms with Gasteiger partial charge in [0.15, 0.2) is 0 Å². The molecule has 0 aromatic heterocycles. The summed E-state index contributed by atoms with van der Waals surface area (Å²) in [6.45, 7) is 2.12. The Bertz CT molecular complexity index is 407. The molecule has 2 heterocycles. The molecule has 3 unspecified atom stereocenters. The van der Waals surface area contributed by atoms with Crippen LogP contribution in [0, 0.1) is 0 Å². The van der Waals surface area contributed by atoms with E-state index in [9.17, 15) is 0 Å². The van der Waals surface area contributed by atoms with Gasteiger partial charge >= 0.3 is 0 Å². The Morgan fingerprint density at radius 3 is 2.76 bits per heavy atom. The van der Waals surface area contributed by atoms with E-state index in [0.29, 0.717) is 6.10 Å². The molecule has 0 bridgehead atoms. The zero-order valence-corrected chi connectivity index (χ0v) is 10.1. The fourth-order valence-electron chi connectivity index (χ4n) is 2.82. The summed E-state index contributed by atoms with van der Waals surface area (Å²) in [5.74, 6) is 0.930. The molecule has 0 radical (unpaired) electrons. The van der Waals surface area contributed by atoms with Crippen LogP contribution in [0.4, 0.5) is 0 Å². The first kappa shape index (κ1) is 11.1. The van der Waals surface area contributed by atoms with Crippen LogP contribution in [0.2, 0.25) is 0 Å². The second kappa shape index (κ2) is 4.31. The minimum Gasteiger partial charge on any atom is -0.487 e.